The molecule has 0 radical (unpaired) electrons. The lowest BCUT2D eigenvalue weighted by atomic mass is 9.82. The van der Waals surface area contributed by atoms with Gasteiger partial charge in [0.1, 0.15) is 5.69 Å². The van der Waals surface area contributed by atoms with Gasteiger partial charge in [-0.1, -0.05) is 29.6 Å². The average molecular weight is 307 g/mol. The van der Waals surface area contributed by atoms with Crippen LogP contribution in [0.1, 0.15) is 31.6 Å². The molecule has 2 heterocycles. The summed E-state index contributed by atoms with van der Waals surface area (Å²) in [4.78, 5) is 8.66. The van der Waals surface area contributed by atoms with Gasteiger partial charge in [-0.15, -0.1) is 0 Å². The Morgan fingerprint density at radius 1 is 1.38 bits per heavy atom. The molecule has 21 heavy (non-hydrogen) atoms. The minimum Gasteiger partial charge on any atom is -0.339 e. The number of nitrogens with one attached hydrogen (secondary N) is 1. The number of rotatable bonds is 4. The van der Waals surface area contributed by atoms with E-state index in [1.54, 1.807) is 18.3 Å². The topological polar surface area (TPSA) is 63.8 Å². The number of hydrogen-bond donors (Lipinski definition) is 1. The molecule has 2 aromatic heterocycles. The highest BCUT2D eigenvalue weighted by molar-refractivity contribution is 6.32. The van der Waals surface area contributed by atoms with Crippen LogP contribution in [0.2, 0.25) is 5.02 Å². The molecule has 5 nitrogen and oxygen atoms in total. The Morgan fingerprint density at radius 3 is 3.05 bits per heavy atom. The van der Waals surface area contributed by atoms with Crippen molar-refractivity contribution in [2.45, 2.75) is 38.1 Å². The van der Waals surface area contributed by atoms with E-state index < -0.39 is 0 Å². The van der Waals surface area contributed by atoms with E-state index in [1.807, 2.05) is 7.05 Å². The zero-order valence-electron chi connectivity index (χ0n) is 12.1. The maximum Gasteiger partial charge on any atom is 0.227 e. The summed E-state index contributed by atoms with van der Waals surface area (Å²) in [7, 11) is 2.02. The Morgan fingerprint density at radius 2 is 2.24 bits per heavy atom. The molecule has 0 bridgehead atoms. The van der Waals surface area contributed by atoms with Gasteiger partial charge in [0.2, 0.25) is 11.7 Å². The standard InChI is InChI=1S/C15H19ClN4O/c1-17-12-7-3-2-5-10(12)9-13-19-15(20-21-13)14-11(16)6-4-8-18-14/h4,6,8,10,12,17H,2-3,5,7,9H2,1H3. The van der Waals surface area contributed by atoms with Crippen molar-refractivity contribution in [2.24, 2.45) is 5.92 Å². The lowest BCUT2D eigenvalue weighted by Gasteiger charge is -2.30. The van der Waals surface area contributed by atoms with Gasteiger partial charge in [0.05, 0.1) is 5.02 Å². The summed E-state index contributed by atoms with van der Waals surface area (Å²) in [6, 6.07) is 4.09. The van der Waals surface area contributed by atoms with Gasteiger partial charge in [-0.25, -0.2) is 0 Å². The van der Waals surface area contributed by atoms with Gasteiger partial charge in [-0.2, -0.15) is 4.98 Å². The zero-order chi connectivity index (χ0) is 14.7. The first kappa shape index (κ1) is 14.5. The Labute approximate surface area is 129 Å². The molecule has 0 saturated heterocycles. The molecule has 1 aliphatic rings. The fourth-order valence-corrected chi connectivity index (χ4v) is 3.25. The number of nitrogens with zero attached hydrogens (tertiary/aromatic N) is 3. The molecule has 2 aromatic rings. The fraction of sp³-hybridized carbons (Fsp3) is 0.533. The zero-order valence-corrected chi connectivity index (χ0v) is 12.8. The van der Waals surface area contributed by atoms with Crippen molar-refractivity contribution in [3.8, 4) is 11.5 Å². The molecule has 0 aromatic carbocycles. The largest absolute Gasteiger partial charge is 0.339 e. The SMILES string of the molecule is CNC1CCCCC1Cc1nc(-c2ncccc2Cl)no1. The Hall–Kier alpha value is -1.46. The van der Waals surface area contributed by atoms with E-state index in [0.717, 1.165) is 6.42 Å². The monoisotopic (exact) mass is 306 g/mol. The maximum absolute atomic E-state index is 6.11. The molecule has 2 atom stereocenters. The molecule has 0 amide bonds. The van der Waals surface area contributed by atoms with Gasteiger partial charge in [0.15, 0.2) is 0 Å². The summed E-state index contributed by atoms with van der Waals surface area (Å²) in [6.45, 7) is 0. The van der Waals surface area contributed by atoms with Crippen LogP contribution in [0.25, 0.3) is 11.5 Å². The predicted molar refractivity (Wildman–Crippen MR) is 81.0 cm³/mol. The first-order valence-corrected chi connectivity index (χ1v) is 7.76. The van der Waals surface area contributed by atoms with Crippen LogP contribution >= 0.6 is 11.6 Å². The Bertz CT molecular complexity index is 601. The van der Waals surface area contributed by atoms with E-state index in [2.05, 4.69) is 20.4 Å². The average Bonchev–Trinajstić information content (AvgIpc) is 2.96. The Kier molecular flexibility index (Phi) is 4.51. The maximum atomic E-state index is 6.11. The number of pyridine rings is 1. The van der Waals surface area contributed by atoms with E-state index in [1.165, 1.54) is 25.7 Å². The molecule has 0 spiro atoms. The van der Waals surface area contributed by atoms with Crippen LogP contribution in [0.3, 0.4) is 0 Å². The summed E-state index contributed by atoms with van der Waals surface area (Å²) < 4.78 is 5.38. The van der Waals surface area contributed by atoms with E-state index >= 15 is 0 Å². The third kappa shape index (κ3) is 3.24. The smallest absolute Gasteiger partial charge is 0.227 e. The number of halogens is 1. The van der Waals surface area contributed by atoms with Crippen molar-refractivity contribution in [1.29, 1.82) is 0 Å². The van der Waals surface area contributed by atoms with Crippen molar-refractivity contribution in [3.63, 3.8) is 0 Å². The fourth-order valence-electron chi connectivity index (χ4n) is 3.04. The summed E-state index contributed by atoms with van der Waals surface area (Å²) in [5.41, 5.74) is 0.572. The van der Waals surface area contributed by atoms with Crippen LogP contribution in [0, 0.1) is 5.92 Å². The molecule has 1 N–H and O–H groups in total. The van der Waals surface area contributed by atoms with Crippen molar-refractivity contribution in [3.05, 3.63) is 29.2 Å². The van der Waals surface area contributed by atoms with E-state index in [0.29, 0.717) is 34.4 Å². The number of hydrogen-bond acceptors (Lipinski definition) is 5. The summed E-state index contributed by atoms with van der Waals surface area (Å²) in [5, 5.41) is 7.95. The van der Waals surface area contributed by atoms with Crippen molar-refractivity contribution in [2.75, 3.05) is 7.05 Å². The third-order valence-corrected chi connectivity index (χ3v) is 4.46. The van der Waals surface area contributed by atoms with Crippen LogP contribution in [0.4, 0.5) is 0 Å². The lowest BCUT2D eigenvalue weighted by molar-refractivity contribution is 0.248. The third-order valence-electron chi connectivity index (χ3n) is 4.16. The number of aromatic nitrogens is 3. The molecule has 1 aliphatic carbocycles. The van der Waals surface area contributed by atoms with E-state index in [9.17, 15) is 0 Å². The Balaban J connectivity index is 1.75. The van der Waals surface area contributed by atoms with E-state index in [-0.39, 0.29) is 0 Å². The molecule has 2 unspecified atom stereocenters. The summed E-state index contributed by atoms with van der Waals surface area (Å²) in [6.07, 6.45) is 7.47. The van der Waals surface area contributed by atoms with Crippen molar-refractivity contribution >= 4 is 11.6 Å². The highest BCUT2D eigenvalue weighted by atomic mass is 35.5. The molecular weight excluding hydrogens is 288 g/mol. The first-order valence-electron chi connectivity index (χ1n) is 7.38. The van der Waals surface area contributed by atoms with Crippen molar-refractivity contribution < 1.29 is 4.52 Å². The molecule has 6 heteroatoms. The highest BCUT2D eigenvalue weighted by Gasteiger charge is 2.26. The van der Waals surface area contributed by atoms with E-state index in [4.69, 9.17) is 16.1 Å². The molecule has 112 valence electrons. The minimum atomic E-state index is 0.465. The molecule has 1 saturated carbocycles. The van der Waals surface area contributed by atoms with Gasteiger partial charge < -0.3 is 9.84 Å². The normalized spacial score (nSPS) is 22.4. The van der Waals surface area contributed by atoms with Gasteiger partial charge in [-0.05, 0) is 37.9 Å². The van der Waals surface area contributed by atoms with Crippen LogP contribution < -0.4 is 5.32 Å². The van der Waals surface area contributed by atoms with Gasteiger partial charge >= 0.3 is 0 Å². The van der Waals surface area contributed by atoms with Crippen molar-refractivity contribution in [1.82, 2.24) is 20.4 Å². The molecule has 1 fully saturated rings. The second-order valence-electron chi connectivity index (χ2n) is 5.49. The second-order valence-corrected chi connectivity index (χ2v) is 5.90. The summed E-state index contributed by atoms with van der Waals surface area (Å²) in [5.74, 6) is 1.68. The minimum absolute atomic E-state index is 0.465. The first-order chi connectivity index (χ1) is 10.3. The lowest BCUT2D eigenvalue weighted by Crippen LogP contribution is -2.37. The van der Waals surface area contributed by atoms with Crippen LogP contribution in [0.5, 0.6) is 0 Å². The van der Waals surface area contributed by atoms with Crippen LogP contribution in [-0.2, 0) is 6.42 Å². The van der Waals surface area contributed by atoms with Gasteiger partial charge in [0, 0.05) is 18.7 Å². The highest BCUT2D eigenvalue weighted by Crippen LogP contribution is 2.28. The van der Waals surface area contributed by atoms with Gasteiger partial charge in [0.25, 0.3) is 0 Å². The molecule has 0 aliphatic heterocycles. The molecular formula is C15H19ClN4O. The molecule has 3 rings (SSSR count). The predicted octanol–water partition coefficient (Wildman–Crippen LogP) is 3.11. The van der Waals surface area contributed by atoms with Crippen LogP contribution in [0.15, 0.2) is 22.9 Å². The summed E-state index contributed by atoms with van der Waals surface area (Å²) >= 11 is 6.11. The quantitative estimate of drug-likeness (QED) is 0.940. The van der Waals surface area contributed by atoms with Crippen LogP contribution in [-0.4, -0.2) is 28.2 Å². The second kappa shape index (κ2) is 6.54. The van der Waals surface area contributed by atoms with Gasteiger partial charge in [-0.3, -0.25) is 4.98 Å².